The van der Waals surface area contributed by atoms with Crippen LogP contribution in [0.1, 0.15) is 30.4 Å². The van der Waals surface area contributed by atoms with Crippen LogP contribution in [0.5, 0.6) is 5.75 Å². The Bertz CT molecular complexity index is 691. The van der Waals surface area contributed by atoms with Crippen molar-refractivity contribution in [2.45, 2.75) is 31.5 Å². The Labute approximate surface area is 145 Å². The maximum atomic E-state index is 12.6. The molecule has 1 atom stereocenters. The monoisotopic (exact) mass is 347 g/mol. The summed E-state index contributed by atoms with van der Waals surface area (Å²) < 4.78 is 43.7. The molecule has 2 nitrogen and oxygen atoms in total. The Balaban J connectivity index is 1.54. The molecule has 0 spiro atoms. The molecule has 25 heavy (non-hydrogen) atoms. The Kier molecular flexibility index (Phi) is 5.41. The van der Waals surface area contributed by atoms with Gasteiger partial charge in [0.05, 0.1) is 5.56 Å². The molecule has 0 bridgehead atoms. The minimum absolute atomic E-state index is 0.00431. The van der Waals surface area contributed by atoms with Crippen molar-refractivity contribution in [1.82, 2.24) is 0 Å². The van der Waals surface area contributed by atoms with E-state index in [1.165, 1.54) is 12.1 Å². The summed E-state index contributed by atoms with van der Waals surface area (Å²) in [4.78, 5) is 4.43. The standard InChI is InChI=1S/C20H20F3NO/c21-20(22,23)17-8-10-18(11-9-17)25-19(16-6-7-16)12-13-24-14-15-4-2-1-3-5-15/h1-5,8-11,14,16,19H,6-7,12-13H2. The first-order chi connectivity index (χ1) is 12.0. The first kappa shape index (κ1) is 17.5. The van der Waals surface area contributed by atoms with Crippen molar-refractivity contribution in [3.8, 4) is 5.75 Å². The van der Waals surface area contributed by atoms with Crippen LogP contribution in [-0.4, -0.2) is 18.9 Å². The van der Waals surface area contributed by atoms with Crippen LogP contribution in [-0.2, 0) is 6.18 Å². The highest BCUT2D eigenvalue weighted by molar-refractivity contribution is 5.79. The van der Waals surface area contributed by atoms with Crippen LogP contribution in [0, 0.1) is 5.92 Å². The van der Waals surface area contributed by atoms with Crippen molar-refractivity contribution < 1.29 is 17.9 Å². The van der Waals surface area contributed by atoms with Crippen molar-refractivity contribution in [2.24, 2.45) is 10.9 Å². The van der Waals surface area contributed by atoms with E-state index in [1.54, 1.807) is 0 Å². The molecule has 0 N–H and O–H groups in total. The molecule has 132 valence electrons. The van der Waals surface area contributed by atoms with E-state index < -0.39 is 11.7 Å². The summed E-state index contributed by atoms with van der Waals surface area (Å²) in [7, 11) is 0. The minimum Gasteiger partial charge on any atom is -0.490 e. The molecule has 2 aromatic carbocycles. The van der Waals surface area contributed by atoms with Gasteiger partial charge in [-0.25, -0.2) is 0 Å². The number of hydrogen-bond donors (Lipinski definition) is 0. The smallest absolute Gasteiger partial charge is 0.416 e. The molecule has 1 fully saturated rings. The topological polar surface area (TPSA) is 21.6 Å². The molecule has 1 saturated carbocycles. The summed E-state index contributed by atoms with van der Waals surface area (Å²) in [5, 5.41) is 0. The third-order valence-corrected chi connectivity index (χ3v) is 4.20. The van der Waals surface area contributed by atoms with Crippen molar-refractivity contribution in [2.75, 3.05) is 6.54 Å². The molecule has 2 aromatic rings. The lowest BCUT2D eigenvalue weighted by Gasteiger charge is -2.18. The number of benzene rings is 2. The summed E-state index contributed by atoms with van der Waals surface area (Å²) in [6.45, 7) is 0.636. The van der Waals surface area contributed by atoms with E-state index in [0.717, 1.165) is 37.0 Å². The van der Waals surface area contributed by atoms with Crippen LogP contribution in [0.15, 0.2) is 59.6 Å². The van der Waals surface area contributed by atoms with E-state index in [1.807, 2.05) is 36.5 Å². The Morgan fingerprint density at radius 1 is 1.04 bits per heavy atom. The van der Waals surface area contributed by atoms with E-state index >= 15 is 0 Å². The van der Waals surface area contributed by atoms with Crippen molar-refractivity contribution in [3.05, 3.63) is 65.7 Å². The lowest BCUT2D eigenvalue weighted by Crippen LogP contribution is -2.20. The average Bonchev–Trinajstić information content (AvgIpc) is 3.43. The summed E-state index contributed by atoms with van der Waals surface area (Å²) in [6, 6.07) is 14.8. The van der Waals surface area contributed by atoms with Crippen LogP contribution in [0.3, 0.4) is 0 Å². The van der Waals surface area contributed by atoms with Gasteiger partial charge in [-0.1, -0.05) is 30.3 Å². The molecular formula is C20H20F3NO. The van der Waals surface area contributed by atoms with Crippen molar-refractivity contribution in [1.29, 1.82) is 0 Å². The van der Waals surface area contributed by atoms with Gasteiger partial charge in [0.1, 0.15) is 11.9 Å². The molecule has 0 amide bonds. The van der Waals surface area contributed by atoms with Gasteiger partial charge < -0.3 is 4.74 Å². The zero-order chi connectivity index (χ0) is 17.7. The fraction of sp³-hybridized carbons (Fsp3) is 0.350. The third-order valence-electron chi connectivity index (χ3n) is 4.20. The molecule has 3 rings (SSSR count). The molecule has 5 heteroatoms. The maximum absolute atomic E-state index is 12.6. The van der Waals surface area contributed by atoms with E-state index in [0.29, 0.717) is 18.2 Å². The summed E-state index contributed by atoms with van der Waals surface area (Å²) in [5.74, 6) is 0.964. The minimum atomic E-state index is -4.32. The normalized spacial score (nSPS) is 16.1. The first-order valence-corrected chi connectivity index (χ1v) is 8.41. The zero-order valence-electron chi connectivity index (χ0n) is 13.7. The molecule has 0 heterocycles. The Hall–Kier alpha value is -2.30. The number of alkyl halides is 3. The fourth-order valence-electron chi connectivity index (χ4n) is 2.67. The number of nitrogens with zero attached hydrogens (tertiary/aromatic N) is 1. The molecule has 0 radical (unpaired) electrons. The van der Waals surface area contributed by atoms with Gasteiger partial charge in [0.15, 0.2) is 0 Å². The highest BCUT2D eigenvalue weighted by Crippen LogP contribution is 2.37. The van der Waals surface area contributed by atoms with Crippen molar-refractivity contribution >= 4 is 6.21 Å². The van der Waals surface area contributed by atoms with Gasteiger partial charge in [-0.05, 0) is 48.6 Å². The van der Waals surface area contributed by atoms with Gasteiger partial charge in [0.25, 0.3) is 0 Å². The second-order valence-electron chi connectivity index (χ2n) is 6.25. The highest BCUT2D eigenvalue weighted by atomic mass is 19.4. The van der Waals surface area contributed by atoms with Crippen LogP contribution in [0.4, 0.5) is 13.2 Å². The largest absolute Gasteiger partial charge is 0.490 e. The lowest BCUT2D eigenvalue weighted by molar-refractivity contribution is -0.137. The highest BCUT2D eigenvalue weighted by Gasteiger charge is 2.33. The molecule has 1 unspecified atom stereocenters. The van der Waals surface area contributed by atoms with Gasteiger partial charge in [0.2, 0.25) is 0 Å². The van der Waals surface area contributed by atoms with Gasteiger partial charge in [-0.3, -0.25) is 4.99 Å². The van der Waals surface area contributed by atoms with E-state index in [9.17, 15) is 13.2 Å². The van der Waals surface area contributed by atoms with Gasteiger partial charge in [-0.15, -0.1) is 0 Å². The molecule has 0 saturated heterocycles. The molecule has 1 aliphatic carbocycles. The fourth-order valence-corrected chi connectivity index (χ4v) is 2.67. The average molecular weight is 347 g/mol. The summed E-state index contributed by atoms with van der Waals surface area (Å²) >= 11 is 0. The predicted molar refractivity (Wildman–Crippen MR) is 92.1 cm³/mol. The predicted octanol–water partition coefficient (Wildman–Crippen LogP) is 5.37. The lowest BCUT2D eigenvalue weighted by atomic mass is 10.1. The molecular weight excluding hydrogens is 327 g/mol. The Morgan fingerprint density at radius 2 is 1.72 bits per heavy atom. The third kappa shape index (κ3) is 5.34. The van der Waals surface area contributed by atoms with Gasteiger partial charge >= 0.3 is 6.18 Å². The van der Waals surface area contributed by atoms with E-state index in [4.69, 9.17) is 4.74 Å². The van der Waals surface area contributed by atoms with Gasteiger partial charge in [0, 0.05) is 19.2 Å². The van der Waals surface area contributed by atoms with Crippen LogP contribution < -0.4 is 4.74 Å². The van der Waals surface area contributed by atoms with E-state index in [-0.39, 0.29) is 6.10 Å². The number of aliphatic imine (C=N–C) groups is 1. The second kappa shape index (κ2) is 7.72. The number of hydrogen-bond acceptors (Lipinski definition) is 2. The molecule has 0 aromatic heterocycles. The summed E-state index contributed by atoms with van der Waals surface area (Å²) in [6.07, 6.45) is 0.490. The Morgan fingerprint density at radius 3 is 2.32 bits per heavy atom. The van der Waals surface area contributed by atoms with Crippen molar-refractivity contribution in [3.63, 3.8) is 0 Å². The second-order valence-corrected chi connectivity index (χ2v) is 6.25. The number of ether oxygens (including phenoxy) is 1. The number of halogens is 3. The molecule has 0 aliphatic heterocycles. The summed E-state index contributed by atoms with van der Waals surface area (Å²) in [5.41, 5.74) is 0.393. The maximum Gasteiger partial charge on any atom is 0.416 e. The van der Waals surface area contributed by atoms with E-state index in [2.05, 4.69) is 4.99 Å². The first-order valence-electron chi connectivity index (χ1n) is 8.41. The molecule has 1 aliphatic rings. The van der Waals surface area contributed by atoms with Crippen LogP contribution in [0.25, 0.3) is 0 Å². The van der Waals surface area contributed by atoms with Crippen LogP contribution >= 0.6 is 0 Å². The van der Waals surface area contributed by atoms with Gasteiger partial charge in [-0.2, -0.15) is 13.2 Å². The quantitative estimate of drug-likeness (QED) is 0.617. The zero-order valence-corrected chi connectivity index (χ0v) is 13.7. The number of rotatable bonds is 7. The van der Waals surface area contributed by atoms with Crippen LogP contribution in [0.2, 0.25) is 0 Å². The SMILES string of the molecule is FC(F)(F)c1ccc(OC(CCN=Cc2ccccc2)C2CC2)cc1.